The van der Waals surface area contributed by atoms with Crippen LogP contribution in [0.3, 0.4) is 0 Å². The van der Waals surface area contributed by atoms with E-state index >= 15 is 0 Å². The average Bonchev–Trinajstić information content (AvgIpc) is 2.64. The van der Waals surface area contributed by atoms with Crippen LogP contribution in [0.2, 0.25) is 0 Å². The number of terminal acetylenes is 1. The van der Waals surface area contributed by atoms with Gasteiger partial charge in [-0.15, -0.1) is 6.42 Å². The zero-order valence-electron chi connectivity index (χ0n) is 6.68. The summed E-state index contributed by atoms with van der Waals surface area (Å²) < 4.78 is 5.42. The molecule has 0 unspecified atom stereocenters. The summed E-state index contributed by atoms with van der Waals surface area (Å²) in [4.78, 5) is 0. The molecule has 0 spiro atoms. The highest BCUT2D eigenvalue weighted by Crippen LogP contribution is 2.45. The van der Waals surface area contributed by atoms with Gasteiger partial charge in [-0.05, 0) is 26.7 Å². The van der Waals surface area contributed by atoms with Crippen molar-refractivity contribution in [2.75, 3.05) is 6.61 Å². The SMILES string of the molecule is C#CC1(COC(C)C)CC1. The standard InChI is InChI=1S/C9H14O/c1-4-9(5-6-9)7-10-8(2)3/h1,8H,5-7H2,2-3H3. The molecule has 0 bridgehead atoms. The Morgan fingerprint density at radius 1 is 1.60 bits per heavy atom. The monoisotopic (exact) mass is 138 g/mol. The third-order valence-corrected chi connectivity index (χ3v) is 1.85. The van der Waals surface area contributed by atoms with Crippen LogP contribution in [0.1, 0.15) is 26.7 Å². The summed E-state index contributed by atoms with van der Waals surface area (Å²) in [7, 11) is 0. The van der Waals surface area contributed by atoms with E-state index in [1.807, 2.05) is 13.8 Å². The van der Waals surface area contributed by atoms with E-state index in [1.165, 1.54) is 0 Å². The lowest BCUT2D eigenvalue weighted by atomic mass is 10.1. The van der Waals surface area contributed by atoms with Crippen LogP contribution in [0, 0.1) is 17.8 Å². The Balaban J connectivity index is 2.21. The van der Waals surface area contributed by atoms with Crippen LogP contribution in [0.5, 0.6) is 0 Å². The lowest BCUT2D eigenvalue weighted by Crippen LogP contribution is -2.12. The number of rotatable bonds is 3. The number of hydrogen-bond acceptors (Lipinski definition) is 1. The highest BCUT2D eigenvalue weighted by molar-refractivity contribution is 5.14. The van der Waals surface area contributed by atoms with Crippen LogP contribution in [0.4, 0.5) is 0 Å². The van der Waals surface area contributed by atoms with Crippen molar-refractivity contribution in [2.24, 2.45) is 5.41 Å². The van der Waals surface area contributed by atoms with Gasteiger partial charge in [0.2, 0.25) is 0 Å². The third-order valence-electron chi connectivity index (χ3n) is 1.85. The smallest absolute Gasteiger partial charge is 0.0635 e. The Bertz CT molecular complexity index is 149. The minimum Gasteiger partial charge on any atom is -0.377 e. The second-order valence-corrected chi connectivity index (χ2v) is 3.28. The fraction of sp³-hybridized carbons (Fsp3) is 0.778. The molecule has 56 valence electrons. The average molecular weight is 138 g/mol. The van der Waals surface area contributed by atoms with Crippen molar-refractivity contribution in [1.82, 2.24) is 0 Å². The van der Waals surface area contributed by atoms with E-state index in [0.717, 1.165) is 19.4 Å². The first kappa shape index (κ1) is 7.63. The van der Waals surface area contributed by atoms with Gasteiger partial charge in [-0.25, -0.2) is 0 Å². The van der Waals surface area contributed by atoms with Crippen LogP contribution in [0.25, 0.3) is 0 Å². The van der Waals surface area contributed by atoms with Crippen molar-refractivity contribution in [3.05, 3.63) is 0 Å². The van der Waals surface area contributed by atoms with Crippen molar-refractivity contribution >= 4 is 0 Å². The van der Waals surface area contributed by atoms with Crippen molar-refractivity contribution in [3.63, 3.8) is 0 Å². The summed E-state index contributed by atoms with van der Waals surface area (Å²) in [5.41, 5.74) is 0.129. The zero-order chi connectivity index (χ0) is 7.61. The first-order valence-electron chi connectivity index (χ1n) is 3.78. The van der Waals surface area contributed by atoms with Crippen LogP contribution in [-0.2, 0) is 4.74 Å². The van der Waals surface area contributed by atoms with Gasteiger partial charge in [-0.1, -0.05) is 5.92 Å². The van der Waals surface area contributed by atoms with E-state index in [4.69, 9.17) is 11.2 Å². The third kappa shape index (κ3) is 1.75. The van der Waals surface area contributed by atoms with Gasteiger partial charge in [-0.2, -0.15) is 0 Å². The molecule has 10 heavy (non-hydrogen) atoms. The Kier molecular flexibility index (Phi) is 2.01. The molecular formula is C9H14O. The molecule has 0 saturated heterocycles. The maximum atomic E-state index is 5.42. The maximum Gasteiger partial charge on any atom is 0.0635 e. The van der Waals surface area contributed by atoms with Gasteiger partial charge in [-0.3, -0.25) is 0 Å². The van der Waals surface area contributed by atoms with Gasteiger partial charge in [0.1, 0.15) is 0 Å². The summed E-state index contributed by atoms with van der Waals surface area (Å²) in [5.74, 6) is 2.78. The van der Waals surface area contributed by atoms with Crippen LogP contribution in [0.15, 0.2) is 0 Å². The van der Waals surface area contributed by atoms with Crippen molar-refractivity contribution in [1.29, 1.82) is 0 Å². The lowest BCUT2D eigenvalue weighted by Gasteiger charge is -2.10. The number of ether oxygens (including phenoxy) is 1. The molecule has 0 radical (unpaired) electrons. The molecule has 1 aliphatic rings. The van der Waals surface area contributed by atoms with E-state index < -0.39 is 0 Å². The quantitative estimate of drug-likeness (QED) is 0.540. The molecule has 0 atom stereocenters. The van der Waals surface area contributed by atoms with E-state index in [1.54, 1.807) is 0 Å². The topological polar surface area (TPSA) is 9.23 Å². The van der Waals surface area contributed by atoms with Crippen LogP contribution in [-0.4, -0.2) is 12.7 Å². The fourth-order valence-electron chi connectivity index (χ4n) is 0.807. The van der Waals surface area contributed by atoms with Gasteiger partial charge in [0, 0.05) is 0 Å². The Labute approximate surface area is 62.8 Å². The Morgan fingerprint density at radius 2 is 2.20 bits per heavy atom. The zero-order valence-corrected chi connectivity index (χ0v) is 6.68. The van der Waals surface area contributed by atoms with Crippen LogP contribution < -0.4 is 0 Å². The second-order valence-electron chi connectivity index (χ2n) is 3.28. The largest absolute Gasteiger partial charge is 0.377 e. The number of hydrogen-bond donors (Lipinski definition) is 0. The molecule has 0 N–H and O–H groups in total. The molecule has 0 aromatic heterocycles. The molecule has 0 aliphatic heterocycles. The predicted octanol–water partition coefficient (Wildman–Crippen LogP) is 1.82. The summed E-state index contributed by atoms with van der Waals surface area (Å²) in [6, 6.07) is 0. The van der Waals surface area contributed by atoms with Crippen molar-refractivity contribution in [3.8, 4) is 12.3 Å². The molecule has 1 heteroatoms. The normalized spacial score (nSPS) is 20.6. The van der Waals surface area contributed by atoms with E-state index in [2.05, 4.69) is 5.92 Å². The Hall–Kier alpha value is -0.480. The minimum atomic E-state index is 0.129. The second kappa shape index (κ2) is 2.64. The molecule has 0 amide bonds. The first-order valence-corrected chi connectivity index (χ1v) is 3.78. The molecule has 1 aliphatic carbocycles. The molecule has 1 rings (SSSR count). The summed E-state index contributed by atoms with van der Waals surface area (Å²) in [6.45, 7) is 4.82. The summed E-state index contributed by atoms with van der Waals surface area (Å²) >= 11 is 0. The van der Waals surface area contributed by atoms with E-state index in [-0.39, 0.29) is 5.41 Å². The maximum absolute atomic E-state index is 5.42. The van der Waals surface area contributed by atoms with E-state index in [9.17, 15) is 0 Å². The van der Waals surface area contributed by atoms with Crippen molar-refractivity contribution in [2.45, 2.75) is 32.8 Å². The van der Waals surface area contributed by atoms with Gasteiger partial charge in [0.05, 0.1) is 18.1 Å². The van der Waals surface area contributed by atoms with Gasteiger partial charge in [0.15, 0.2) is 0 Å². The minimum absolute atomic E-state index is 0.129. The van der Waals surface area contributed by atoms with Gasteiger partial charge < -0.3 is 4.74 Å². The van der Waals surface area contributed by atoms with E-state index in [0.29, 0.717) is 6.10 Å². The van der Waals surface area contributed by atoms with Gasteiger partial charge >= 0.3 is 0 Å². The highest BCUT2D eigenvalue weighted by Gasteiger charge is 2.41. The molecule has 0 aromatic carbocycles. The lowest BCUT2D eigenvalue weighted by molar-refractivity contribution is 0.0576. The summed E-state index contributed by atoms with van der Waals surface area (Å²) in [6.07, 6.45) is 7.93. The molecule has 0 heterocycles. The molecular weight excluding hydrogens is 124 g/mol. The Morgan fingerprint density at radius 3 is 2.50 bits per heavy atom. The fourth-order valence-corrected chi connectivity index (χ4v) is 0.807. The highest BCUT2D eigenvalue weighted by atomic mass is 16.5. The molecule has 1 nitrogen and oxygen atoms in total. The first-order chi connectivity index (χ1) is 4.68. The molecule has 1 fully saturated rings. The summed E-state index contributed by atoms with van der Waals surface area (Å²) in [5, 5.41) is 0. The predicted molar refractivity (Wildman–Crippen MR) is 41.6 cm³/mol. The molecule has 1 saturated carbocycles. The van der Waals surface area contributed by atoms with Crippen LogP contribution >= 0.6 is 0 Å². The van der Waals surface area contributed by atoms with Crippen molar-refractivity contribution < 1.29 is 4.74 Å². The molecule has 0 aromatic rings. The van der Waals surface area contributed by atoms with Gasteiger partial charge in [0.25, 0.3) is 0 Å².